The first kappa shape index (κ1) is 20.8. The smallest absolute Gasteiger partial charge is 0.338 e. The van der Waals surface area contributed by atoms with Gasteiger partial charge in [-0.3, -0.25) is 4.79 Å². The van der Waals surface area contributed by atoms with Gasteiger partial charge in [-0.25, -0.2) is 14.5 Å². The number of hydrogen-bond donors (Lipinski definition) is 1. The van der Waals surface area contributed by atoms with Crippen molar-refractivity contribution < 1.29 is 14.3 Å². The number of esters is 1. The van der Waals surface area contributed by atoms with Crippen LogP contribution in [0.15, 0.2) is 78.7 Å². The van der Waals surface area contributed by atoms with Crippen LogP contribution in [0.25, 0.3) is 0 Å². The Hall–Kier alpha value is -3.49. The molecule has 1 N–H and O–H groups in total. The van der Waals surface area contributed by atoms with Crippen LogP contribution in [0, 0.1) is 0 Å². The Kier molecular flexibility index (Phi) is 6.40. The molecule has 4 aromatic rings. The number of thiophene rings is 1. The van der Waals surface area contributed by atoms with E-state index in [2.05, 4.69) is 15.4 Å². The summed E-state index contributed by atoms with van der Waals surface area (Å²) in [4.78, 5) is 29.5. The molecule has 0 saturated carbocycles. The molecule has 9 heteroatoms. The number of ether oxygens (including phenoxy) is 1. The third-order valence-electron chi connectivity index (χ3n) is 4.43. The second kappa shape index (κ2) is 9.55. The minimum absolute atomic E-state index is 0.194. The van der Waals surface area contributed by atoms with Crippen molar-refractivity contribution in [2.75, 3.05) is 5.32 Å². The third kappa shape index (κ3) is 5.36. The van der Waals surface area contributed by atoms with E-state index in [4.69, 9.17) is 16.3 Å². The van der Waals surface area contributed by atoms with E-state index in [0.717, 1.165) is 5.56 Å². The minimum Gasteiger partial charge on any atom is -0.452 e. The fourth-order valence-corrected chi connectivity index (χ4v) is 3.62. The van der Waals surface area contributed by atoms with E-state index in [9.17, 15) is 9.59 Å². The van der Waals surface area contributed by atoms with Gasteiger partial charge in [0.1, 0.15) is 18.8 Å². The van der Waals surface area contributed by atoms with E-state index in [1.165, 1.54) is 17.7 Å². The first-order valence-corrected chi connectivity index (χ1v) is 10.6. The molecule has 1 unspecified atom stereocenters. The Morgan fingerprint density at radius 1 is 1.10 bits per heavy atom. The summed E-state index contributed by atoms with van der Waals surface area (Å²) in [6, 6.07) is 17.2. The zero-order valence-corrected chi connectivity index (χ0v) is 17.7. The maximum Gasteiger partial charge on any atom is 0.338 e. The molecule has 7 nitrogen and oxygen atoms in total. The Labute approximate surface area is 187 Å². The van der Waals surface area contributed by atoms with Crippen molar-refractivity contribution in [1.29, 1.82) is 0 Å². The molecule has 1 amide bonds. The highest BCUT2D eigenvalue weighted by Gasteiger charge is 2.19. The highest BCUT2D eigenvalue weighted by atomic mass is 35.5. The average Bonchev–Trinajstić information content (AvgIpc) is 3.49. The third-order valence-corrected chi connectivity index (χ3v) is 5.55. The lowest BCUT2D eigenvalue weighted by Gasteiger charge is -2.18. The van der Waals surface area contributed by atoms with E-state index in [-0.39, 0.29) is 5.91 Å². The van der Waals surface area contributed by atoms with E-state index in [1.807, 2.05) is 11.4 Å². The second-order valence-corrected chi connectivity index (χ2v) is 7.96. The molecular weight excluding hydrogens is 436 g/mol. The van der Waals surface area contributed by atoms with Gasteiger partial charge in [-0.2, -0.15) is 5.10 Å². The molecule has 156 valence electrons. The maximum absolute atomic E-state index is 12.8. The van der Waals surface area contributed by atoms with Gasteiger partial charge in [-0.15, -0.1) is 11.3 Å². The molecule has 0 bridgehead atoms. The van der Waals surface area contributed by atoms with Gasteiger partial charge in [-0.1, -0.05) is 29.8 Å². The van der Waals surface area contributed by atoms with E-state index < -0.39 is 12.1 Å². The summed E-state index contributed by atoms with van der Waals surface area (Å²) in [5.74, 6) is -0.683. The van der Waals surface area contributed by atoms with Crippen molar-refractivity contribution in [2.45, 2.75) is 12.6 Å². The van der Waals surface area contributed by atoms with Gasteiger partial charge in [0.05, 0.1) is 17.0 Å². The number of carbonyl (C=O) groups excluding carboxylic acids is 2. The van der Waals surface area contributed by atoms with Crippen molar-refractivity contribution in [1.82, 2.24) is 14.8 Å². The first-order chi connectivity index (χ1) is 15.1. The quantitative estimate of drug-likeness (QED) is 0.405. The van der Waals surface area contributed by atoms with E-state index >= 15 is 0 Å². The number of rotatable bonds is 7. The van der Waals surface area contributed by atoms with Crippen molar-refractivity contribution >= 4 is 40.5 Å². The number of nitrogens with zero attached hydrogens (tertiary/aromatic N) is 3. The molecule has 4 rings (SSSR count). The summed E-state index contributed by atoms with van der Waals surface area (Å²) >= 11 is 7.34. The second-order valence-electron chi connectivity index (χ2n) is 6.57. The molecule has 0 aliphatic rings. The van der Waals surface area contributed by atoms with E-state index in [0.29, 0.717) is 27.7 Å². The highest BCUT2D eigenvalue weighted by molar-refractivity contribution is 7.12. The number of benzene rings is 2. The number of amides is 1. The molecule has 0 spiro atoms. The summed E-state index contributed by atoms with van der Waals surface area (Å²) in [6.07, 6.45) is 2.40. The largest absolute Gasteiger partial charge is 0.452 e. The van der Waals surface area contributed by atoms with Crippen LogP contribution in [-0.2, 0) is 11.3 Å². The number of halogens is 1. The van der Waals surface area contributed by atoms with Crippen LogP contribution in [0.1, 0.15) is 31.7 Å². The summed E-state index contributed by atoms with van der Waals surface area (Å²) in [6.45, 7) is 0.308. The Morgan fingerprint density at radius 3 is 2.52 bits per heavy atom. The lowest BCUT2D eigenvalue weighted by atomic mass is 10.1. The summed E-state index contributed by atoms with van der Waals surface area (Å²) in [5.41, 5.74) is 1.74. The molecule has 31 heavy (non-hydrogen) atoms. The van der Waals surface area contributed by atoms with E-state index in [1.54, 1.807) is 65.6 Å². The lowest BCUT2D eigenvalue weighted by molar-refractivity contribution is 0.0246. The summed E-state index contributed by atoms with van der Waals surface area (Å²) < 4.78 is 7.35. The molecular formula is C22H17ClN4O3S. The van der Waals surface area contributed by atoms with Gasteiger partial charge in [0.25, 0.3) is 5.91 Å². The van der Waals surface area contributed by atoms with Gasteiger partial charge in [0.15, 0.2) is 0 Å². The molecule has 0 radical (unpaired) electrons. The van der Waals surface area contributed by atoms with Crippen LogP contribution in [0.5, 0.6) is 0 Å². The first-order valence-electron chi connectivity index (χ1n) is 9.32. The van der Waals surface area contributed by atoms with Crippen LogP contribution in [-0.4, -0.2) is 26.6 Å². The zero-order chi connectivity index (χ0) is 21.6. The van der Waals surface area contributed by atoms with Crippen molar-refractivity contribution in [3.63, 3.8) is 0 Å². The van der Waals surface area contributed by atoms with Crippen LogP contribution >= 0.6 is 22.9 Å². The Bertz CT molecular complexity index is 1140. The van der Waals surface area contributed by atoms with Crippen molar-refractivity contribution in [3.05, 3.63) is 99.7 Å². The number of carbonyl (C=O) groups is 2. The van der Waals surface area contributed by atoms with Crippen molar-refractivity contribution in [3.8, 4) is 0 Å². The topological polar surface area (TPSA) is 86.1 Å². The van der Waals surface area contributed by atoms with Crippen LogP contribution in [0.4, 0.5) is 5.69 Å². The highest BCUT2D eigenvalue weighted by Crippen LogP contribution is 2.23. The fourth-order valence-electron chi connectivity index (χ4n) is 2.87. The molecule has 0 aliphatic heterocycles. The summed E-state index contributed by atoms with van der Waals surface area (Å²) in [7, 11) is 0. The monoisotopic (exact) mass is 452 g/mol. The van der Waals surface area contributed by atoms with Gasteiger partial charge < -0.3 is 10.1 Å². The van der Waals surface area contributed by atoms with Crippen LogP contribution in [0.3, 0.4) is 0 Å². The molecule has 1 atom stereocenters. The summed E-state index contributed by atoms with van der Waals surface area (Å²) in [5, 5.41) is 9.32. The Morgan fingerprint density at radius 2 is 1.87 bits per heavy atom. The van der Waals surface area contributed by atoms with Crippen LogP contribution in [0.2, 0.25) is 5.02 Å². The number of hydrogen-bond acceptors (Lipinski definition) is 6. The predicted molar refractivity (Wildman–Crippen MR) is 118 cm³/mol. The standard InChI is InChI=1S/C22H17ClN4O3S/c23-17-7-3-15(4-8-17)19(12-27-14-24-13-25-27)30-22(29)16-5-9-18(10-6-16)26-21(28)20-2-1-11-31-20/h1-11,13-14,19H,12H2,(H,26,28). The molecule has 2 aromatic heterocycles. The lowest BCUT2D eigenvalue weighted by Crippen LogP contribution is -2.17. The zero-order valence-electron chi connectivity index (χ0n) is 16.1. The fraction of sp³-hybridized carbons (Fsp3) is 0.0909. The average molecular weight is 453 g/mol. The normalized spacial score (nSPS) is 11.6. The molecule has 2 heterocycles. The van der Waals surface area contributed by atoms with Gasteiger partial charge in [0, 0.05) is 10.7 Å². The number of nitrogens with one attached hydrogen (secondary N) is 1. The van der Waals surface area contributed by atoms with Gasteiger partial charge in [-0.05, 0) is 53.4 Å². The molecule has 0 fully saturated rings. The molecule has 0 aliphatic carbocycles. The maximum atomic E-state index is 12.8. The van der Waals surface area contributed by atoms with Crippen molar-refractivity contribution in [2.24, 2.45) is 0 Å². The molecule has 2 aromatic carbocycles. The number of anilines is 1. The van der Waals surface area contributed by atoms with Gasteiger partial charge in [0.2, 0.25) is 0 Å². The molecule has 0 saturated heterocycles. The minimum atomic E-state index is -0.579. The van der Waals surface area contributed by atoms with Gasteiger partial charge >= 0.3 is 5.97 Å². The van der Waals surface area contributed by atoms with Crippen LogP contribution < -0.4 is 5.32 Å². The number of aromatic nitrogens is 3. The SMILES string of the molecule is O=C(OC(Cn1cncn1)c1ccc(Cl)cc1)c1ccc(NC(=O)c2cccs2)cc1. The Balaban J connectivity index is 1.46. The predicted octanol–water partition coefficient (Wildman–Crippen LogP) is 4.84.